The standard InChI is InChI=1S/C21H25N3O3S2/c1-17-10-12-18(13-11-17)27-14-6-7-15-28-21-23-22-20(24(21)2)16-29(25,26)19-8-4-3-5-9-19/h3-5,8-13H,6-7,14-16H2,1-2H3. The van der Waals surface area contributed by atoms with Crippen LogP contribution in [0.25, 0.3) is 0 Å². The van der Waals surface area contributed by atoms with Crippen molar-refractivity contribution in [1.29, 1.82) is 0 Å². The Morgan fingerprint density at radius 1 is 1.00 bits per heavy atom. The molecule has 6 nitrogen and oxygen atoms in total. The number of aryl methyl sites for hydroxylation is 1. The molecule has 0 spiro atoms. The largest absolute Gasteiger partial charge is 0.494 e. The SMILES string of the molecule is Cc1ccc(OCCCCSc2nnc(CS(=O)(=O)c3ccccc3)n2C)cc1. The Morgan fingerprint density at radius 3 is 2.45 bits per heavy atom. The topological polar surface area (TPSA) is 74.1 Å². The number of nitrogens with zero attached hydrogens (tertiary/aromatic N) is 3. The Hall–Kier alpha value is -2.32. The Balaban J connectivity index is 1.44. The van der Waals surface area contributed by atoms with Crippen LogP contribution in [-0.2, 0) is 22.6 Å². The first-order valence-electron chi connectivity index (χ1n) is 9.44. The Kier molecular flexibility index (Phi) is 7.33. The molecule has 1 heterocycles. The van der Waals surface area contributed by atoms with Crippen molar-refractivity contribution in [3.05, 3.63) is 66.0 Å². The van der Waals surface area contributed by atoms with E-state index in [9.17, 15) is 8.42 Å². The molecule has 0 saturated carbocycles. The summed E-state index contributed by atoms with van der Waals surface area (Å²) in [5.74, 6) is 2.04. The maximum absolute atomic E-state index is 12.5. The minimum absolute atomic E-state index is 0.161. The van der Waals surface area contributed by atoms with Crippen LogP contribution in [0.15, 0.2) is 64.6 Å². The summed E-state index contributed by atoms with van der Waals surface area (Å²) in [5, 5.41) is 8.95. The first kappa shape index (κ1) is 21.4. The van der Waals surface area contributed by atoms with Crippen molar-refractivity contribution in [2.24, 2.45) is 7.05 Å². The number of thioether (sulfide) groups is 1. The molecule has 0 radical (unpaired) electrons. The molecule has 3 aromatic rings. The lowest BCUT2D eigenvalue weighted by Gasteiger charge is -2.07. The van der Waals surface area contributed by atoms with Crippen molar-refractivity contribution in [2.45, 2.75) is 35.6 Å². The number of unbranched alkanes of at least 4 members (excludes halogenated alkanes) is 1. The summed E-state index contributed by atoms with van der Waals surface area (Å²) in [6.45, 7) is 2.72. The third-order valence-electron chi connectivity index (χ3n) is 4.41. The zero-order chi connectivity index (χ0) is 20.7. The molecule has 0 unspecified atom stereocenters. The van der Waals surface area contributed by atoms with Crippen molar-refractivity contribution in [1.82, 2.24) is 14.8 Å². The van der Waals surface area contributed by atoms with Gasteiger partial charge in [0.05, 0.1) is 11.5 Å². The van der Waals surface area contributed by atoms with Crippen LogP contribution < -0.4 is 4.74 Å². The van der Waals surface area contributed by atoms with Crippen molar-refractivity contribution in [2.75, 3.05) is 12.4 Å². The Bertz CT molecular complexity index is 1020. The third kappa shape index (κ3) is 6.08. The van der Waals surface area contributed by atoms with Crippen LogP contribution in [0.5, 0.6) is 5.75 Å². The molecule has 0 aliphatic heterocycles. The van der Waals surface area contributed by atoms with E-state index in [2.05, 4.69) is 17.1 Å². The van der Waals surface area contributed by atoms with E-state index in [-0.39, 0.29) is 5.75 Å². The van der Waals surface area contributed by atoms with Gasteiger partial charge in [0.2, 0.25) is 0 Å². The van der Waals surface area contributed by atoms with Crippen molar-refractivity contribution < 1.29 is 13.2 Å². The van der Waals surface area contributed by atoms with Gasteiger partial charge in [-0.05, 0) is 44.0 Å². The average molecular weight is 432 g/mol. The molecule has 29 heavy (non-hydrogen) atoms. The zero-order valence-electron chi connectivity index (χ0n) is 16.6. The monoisotopic (exact) mass is 431 g/mol. The highest BCUT2D eigenvalue weighted by Crippen LogP contribution is 2.20. The lowest BCUT2D eigenvalue weighted by molar-refractivity contribution is 0.310. The van der Waals surface area contributed by atoms with E-state index in [0.29, 0.717) is 17.3 Å². The fourth-order valence-corrected chi connectivity index (χ4v) is 4.93. The molecule has 0 amide bonds. The van der Waals surface area contributed by atoms with Gasteiger partial charge in [-0.3, -0.25) is 0 Å². The lowest BCUT2D eigenvalue weighted by atomic mass is 10.2. The summed E-state index contributed by atoms with van der Waals surface area (Å²) >= 11 is 1.58. The number of rotatable bonds is 10. The van der Waals surface area contributed by atoms with E-state index in [1.807, 2.05) is 24.3 Å². The van der Waals surface area contributed by atoms with Crippen LogP contribution in [0.4, 0.5) is 0 Å². The molecular formula is C21H25N3O3S2. The summed E-state index contributed by atoms with van der Waals surface area (Å²) in [7, 11) is -1.63. The fourth-order valence-electron chi connectivity index (χ4n) is 2.67. The molecular weight excluding hydrogens is 406 g/mol. The van der Waals surface area contributed by atoms with Crippen molar-refractivity contribution >= 4 is 21.6 Å². The fraction of sp³-hybridized carbons (Fsp3) is 0.333. The number of hydrogen-bond acceptors (Lipinski definition) is 6. The number of benzene rings is 2. The Labute approximate surface area is 176 Å². The molecule has 8 heteroatoms. The zero-order valence-corrected chi connectivity index (χ0v) is 18.2. The van der Waals surface area contributed by atoms with E-state index in [0.717, 1.165) is 29.5 Å². The number of hydrogen-bond donors (Lipinski definition) is 0. The van der Waals surface area contributed by atoms with Gasteiger partial charge < -0.3 is 9.30 Å². The second kappa shape index (κ2) is 9.93. The normalized spacial score (nSPS) is 11.5. The van der Waals surface area contributed by atoms with E-state index in [4.69, 9.17) is 4.74 Å². The minimum Gasteiger partial charge on any atom is -0.494 e. The molecule has 0 aliphatic rings. The smallest absolute Gasteiger partial charge is 0.190 e. The van der Waals surface area contributed by atoms with Crippen LogP contribution in [-0.4, -0.2) is 35.5 Å². The quantitative estimate of drug-likeness (QED) is 0.356. The molecule has 1 aromatic heterocycles. The average Bonchev–Trinajstić information content (AvgIpc) is 3.05. The van der Waals surface area contributed by atoms with Crippen molar-refractivity contribution in [3.63, 3.8) is 0 Å². The Morgan fingerprint density at radius 2 is 1.72 bits per heavy atom. The maximum atomic E-state index is 12.5. The van der Waals surface area contributed by atoms with Crippen molar-refractivity contribution in [3.8, 4) is 5.75 Å². The summed E-state index contributed by atoms with van der Waals surface area (Å²) in [4.78, 5) is 0.297. The van der Waals surface area contributed by atoms with E-state index >= 15 is 0 Å². The highest BCUT2D eigenvalue weighted by molar-refractivity contribution is 7.99. The second-order valence-corrected chi connectivity index (χ2v) is 9.80. The van der Waals surface area contributed by atoms with Gasteiger partial charge in [-0.2, -0.15) is 0 Å². The first-order chi connectivity index (χ1) is 14.0. The lowest BCUT2D eigenvalue weighted by Crippen LogP contribution is -2.09. The molecule has 154 valence electrons. The molecule has 0 atom stereocenters. The summed E-state index contributed by atoms with van der Waals surface area (Å²) in [6.07, 6.45) is 1.91. The summed E-state index contributed by atoms with van der Waals surface area (Å²) < 4.78 is 32.5. The number of aromatic nitrogens is 3. The van der Waals surface area contributed by atoms with Crippen LogP contribution in [0.1, 0.15) is 24.2 Å². The van der Waals surface area contributed by atoms with Crippen LogP contribution >= 0.6 is 11.8 Å². The van der Waals surface area contributed by atoms with Gasteiger partial charge in [-0.15, -0.1) is 10.2 Å². The molecule has 0 N–H and O–H groups in total. The van der Waals surface area contributed by atoms with Gasteiger partial charge in [0.25, 0.3) is 0 Å². The van der Waals surface area contributed by atoms with Gasteiger partial charge in [0, 0.05) is 12.8 Å². The number of ether oxygens (including phenoxy) is 1. The van der Waals surface area contributed by atoms with Crippen LogP contribution in [0.3, 0.4) is 0 Å². The molecule has 0 bridgehead atoms. The maximum Gasteiger partial charge on any atom is 0.190 e. The third-order valence-corrected chi connectivity index (χ3v) is 7.14. The van der Waals surface area contributed by atoms with Gasteiger partial charge in [0.15, 0.2) is 15.0 Å². The van der Waals surface area contributed by atoms with Gasteiger partial charge in [-0.1, -0.05) is 47.7 Å². The predicted octanol–water partition coefficient (Wildman–Crippen LogP) is 4.05. The van der Waals surface area contributed by atoms with Gasteiger partial charge in [0.1, 0.15) is 17.3 Å². The highest BCUT2D eigenvalue weighted by atomic mass is 32.2. The summed E-state index contributed by atoms with van der Waals surface area (Å²) in [5.41, 5.74) is 1.22. The molecule has 3 rings (SSSR count). The minimum atomic E-state index is -3.43. The van der Waals surface area contributed by atoms with Gasteiger partial charge >= 0.3 is 0 Å². The molecule has 2 aromatic carbocycles. The number of sulfone groups is 1. The van der Waals surface area contributed by atoms with E-state index in [1.54, 1.807) is 53.7 Å². The van der Waals surface area contributed by atoms with E-state index < -0.39 is 9.84 Å². The first-order valence-corrected chi connectivity index (χ1v) is 12.1. The predicted molar refractivity (Wildman–Crippen MR) is 115 cm³/mol. The summed E-state index contributed by atoms with van der Waals surface area (Å²) in [6, 6.07) is 16.5. The van der Waals surface area contributed by atoms with Gasteiger partial charge in [-0.25, -0.2) is 8.42 Å². The van der Waals surface area contributed by atoms with Crippen LogP contribution in [0, 0.1) is 6.92 Å². The second-order valence-electron chi connectivity index (χ2n) is 6.75. The molecule has 0 saturated heterocycles. The van der Waals surface area contributed by atoms with Crippen LogP contribution in [0.2, 0.25) is 0 Å². The molecule has 0 fully saturated rings. The molecule has 0 aliphatic carbocycles. The highest BCUT2D eigenvalue weighted by Gasteiger charge is 2.19. The van der Waals surface area contributed by atoms with E-state index in [1.165, 1.54) is 5.56 Å².